The van der Waals surface area contributed by atoms with Crippen LogP contribution < -0.4 is 0 Å². The minimum Gasteiger partial charge on any atom is -0.458 e. The highest BCUT2D eigenvalue weighted by Gasteiger charge is 2.53. The lowest BCUT2D eigenvalue weighted by atomic mass is 9.71. The summed E-state index contributed by atoms with van der Waals surface area (Å²) in [4.78, 5) is 31.1. The number of pyridine rings is 1. The summed E-state index contributed by atoms with van der Waals surface area (Å²) < 4.78 is 12.0. The molecule has 0 amide bonds. The predicted octanol–water partition coefficient (Wildman–Crippen LogP) is 4.50. The zero-order chi connectivity index (χ0) is 28.1. The minimum atomic E-state index is -1.28. The largest absolute Gasteiger partial charge is 0.458 e. The van der Waals surface area contributed by atoms with Crippen LogP contribution in [0.15, 0.2) is 30.0 Å². The number of cyclic esters (lactones) is 1. The van der Waals surface area contributed by atoms with Crippen molar-refractivity contribution >= 4 is 17.8 Å². The zero-order valence-electron chi connectivity index (χ0n) is 23.4. The lowest BCUT2D eigenvalue weighted by Crippen LogP contribution is -2.46. The average Bonchev–Trinajstić information content (AvgIpc) is 3.51. The van der Waals surface area contributed by atoms with E-state index in [-0.39, 0.29) is 29.8 Å². The molecule has 0 bridgehead atoms. The smallest absolute Gasteiger partial charge is 0.309 e. The molecule has 38 heavy (non-hydrogen) atoms. The van der Waals surface area contributed by atoms with Crippen molar-refractivity contribution in [2.24, 2.45) is 17.3 Å². The van der Waals surface area contributed by atoms with Crippen molar-refractivity contribution in [3.63, 3.8) is 0 Å². The number of epoxide rings is 1. The normalized spacial score (nSPS) is 35.1. The number of esters is 1. The summed E-state index contributed by atoms with van der Waals surface area (Å²) in [5.41, 5.74) is -0.0302. The van der Waals surface area contributed by atoms with Crippen molar-refractivity contribution in [1.82, 2.24) is 4.98 Å². The van der Waals surface area contributed by atoms with Gasteiger partial charge in [0.05, 0.1) is 41.4 Å². The molecule has 0 saturated carbocycles. The van der Waals surface area contributed by atoms with Gasteiger partial charge in [0.1, 0.15) is 11.9 Å². The third-order valence-corrected chi connectivity index (χ3v) is 8.40. The Labute approximate surface area is 227 Å². The number of fused-ring (bicyclic) bond motifs is 1. The standard InChI is InChI=1S/C31H43NO6/c1-7-8-14-23-28(35)20(2)12-11-15-31(6)26(38-31)18-24(21(3)17-22-13-9-10-16-32-22)37-27(34)19-25(33)30(4,5)29(23)36/h1,9-10,13,16-17,20,23-26,28,33,35H,8,11-12,14-15,18-19H2,2-6H3/b21-17+/t20-,23+,24-,25+,26+,28-,31+/m0/s1. The van der Waals surface area contributed by atoms with Crippen molar-refractivity contribution in [2.45, 2.75) is 110 Å². The molecule has 2 fully saturated rings. The van der Waals surface area contributed by atoms with E-state index in [1.54, 1.807) is 20.0 Å². The molecule has 1 aromatic heterocycles. The van der Waals surface area contributed by atoms with Crippen molar-refractivity contribution in [1.29, 1.82) is 0 Å². The molecular weight excluding hydrogens is 482 g/mol. The van der Waals surface area contributed by atoms with E-state index >= 15 is 0 Å². The molecule has 7 heteroatoms. The number of terminal acetylenes is 1. The Hall–Kier alpha value is -2.53. The Balaban J connectivity index is 1.89. The van der Waals surface area contributed by atoms with Gasteiger partial charge in [-0.3, -0.25) is 14.6 Å². The first kappa shape index (κ1) is 30.0. The maximum atomic E-state index is 13.6. The number of rotatable bonds is 4. The Morgan fingerprint density at radius 1 is 1.26 bits per heavy atom. The number of Topliss-reactive ketones (excluding diaryl/α,β-unsaturated/α-hetero) is 1. The van der Waals surface area contributed by atoms with Gasteiger partial charge in [-0.25, -0.2) is 0 Å². The van der Waals surface area contributed by atoms with E-state index in [0.717, 1.165) is 30.5 Å². The molecule has 2 N–H and O–H groups in total. The molecule has 0 aliphatic carbocycles. The second-order valence-corrected chi connectivity index (χ2v) is 11.8. The Kier molecular flexibility index (Phi) is 9.91. The number of hydrogen-bond acceptors (Lipinski definition) is 7. The van der Waals surface area contributed by atoms with E-state index in [1.165, 1.54) is 0 Å². The first-order valence-corrected chi connectivity index (χ1v) is 13.7. The van der Waals surface area contributed by atoms with Crippen LogP contribution in [-0.2, 0) is 19.1 Å². The molecule has 0 unspecified atom stereocenters. The molecule has 3 rings (SSSR count). The summed E-state index contributed by atoms with van der Waals surface area (Å²) in [5.74, 6) is 0.806. The fourth-order valence-corrected chi connectivity index (χ4v) is 5.42. The number of carbonyl (C=O) groups excluding carboxylic acids is 2. The van der Waals surface area contributed by atoms with Gasteiger partial charge in [0.2, 0.25) is 0 Å². The number of ether oxygens (including phenoxy) is 2. The number of nitrogens with zero attached hydrogens (tertiary/aromatic N) is 1. The maximum Gasteiger partial charge on any atom is 0.309 e. The fraction of sp³-hybridized carbons (Fsp3) is 0.645. The summed E-state index contributed by atoms with van der Waals surface area (Å²) in [7, 11) is 0. The minimum absolute atomic E-state index is 0.0770. The highest BCUT2D eigenvalue weighted by Crippen LogP contribution is 2.45. The van der Waals surface area contributed by atoms with Crippen LogP contribution in [-0.4, -0.2) is 57.0 Å². The first-order chi connectivity index (χ1) is 17.9. The molecule has 2 aliphatic heterocycles. The van der Waals surface area contributed by atoms with Gasteiger partial charge in [0.25, 0.3) is 0 Å². The van der Waals surface area contributed by atoms with Gasteiger partial charge in [0.15, 0.2) is 0 Å². The van der Waals surface area contributed by atoms with Crippen LogP contribution in [0.5, 0.6) is 0 Å². The molecule has 0 aromatic carbocycles. The van der Waals surface area contributed by atoms with E-state index in [9.17, 15) is 19.8 Å². The van der Waals surface area contributed by atoms with E-state index < -0.39 is 35.6 Å². The highest BCUT2D eigenvalue weighted by molar-refractivity contribution is 5.88. The molecule has 7 nitrogen and oxygen atoms in total. The fourth-order valence-electron chi connectivity index (χ4n) is 5.42. The van der Waals surface area contributed by atoms with E-state index in [4.69, 9.17) is 15.9 Å². The molecule has 2 saturated heterocycles. The quantitative estimate of drug-likeness (QED) is 0.338. The lowest BCUT2D eigenvalue weighted by molar-refractivity contribution is -0.154. The molecule has 208 valence electrons. The summed E-state index contributed by atoms with van der Waals surface area (Å²) in [5, 5.41) is 22.2. The summed E-state index contributed by atoms with van der Waals surface area (Å²) >= 11 is 0. The Morgan fingerprint density at radius 2 is 2.00 bits per heavy atom. The SMILES string of the molecule is C#CCC[C@H]1C(=O)C(C)(C)[C@H](O)CC(=O)O[C@H](/C(C)=C/c2ccccn2)C[C@H]2O[C@]2(C)CCC[C@H](C)[C@@H]1O. The summed E-state index contributed by atoms with van der Waals surface area (Å²) in [6.45, 7) is 9.13. The van der Waals surface area contributed by atoms with Gasteiger partial charge in [-0.1, -0.05) is 33.3 Å². The molecule has 3 heterocycles. The van der Waals surface area contributed by atoms with E-state index in [1.807, 2.05) is 38.1 Å². The average molecular weight is 526 g/mol. The third-order valence-electron chi connectivity index (χ3n) is 8.40. The summed E-state index contributed by atoms with van der Waals surface area (Å²) in [6, 6.07) is 5.61. The molecular formula is C31H43NO6. The lowest BCUT2D eigenvalue weighted by Gasteiger charge is -2.36. The van der Waals surface area contributed by atoms with Gasteiger partial charge in [-0.2, -0.15) is 0 Å². The van der Waals surface area contributed by atoms with Crippen molar-refractivity contribution in [2.75, 3.05) is 0 Å². The molecule has 0 radical (unpaired) electrons. The van der Waals surface area contributed by atoms with E-state index in [0.29, 0.717) is 19.3 Å². The number of ketones is 1. The molecule has 2 aliphatic rings. The van der Waals surface area contributed by atoms with Crippen LogP contribution >= 0.6 is 0 Å². The van der Waals surface area contributed by atoms with Gasteiger partial charge in [-0.15, -0.1) is 12.3 Å². The van der Waals surface area contributed by atoms with Gasteiger partial charge < -0.3 is 19.7 Å². The van der Waals surface area contributed by atoms with E-state index in [2.05, 4.69) is 17.8 Å². The number of aliphatic hydroxyl groups is 2. The Bertz CT molecular complexity index is 1040. The zero-order valence-corrected chi connectivity index (χ0v) is 23.4. The molecule has 7 atom stereocenters. The first-order valence-electron chi connectivity index (χ1n) is 13.7. The number of carbonyl (C=O) groups is 2. The number of aromatic nitrogens is 1. The highest BCUT2D eigenvalue weighted by atomic mass is 16.6. The van der Waals surface area contributed by atoms with Gasteiger partial charge in [0, 0.05) is 25.0 Å². The second-order valence-electron chi connectivity index (χ2n) is 11.8. The molecule has 1 aromatic rings. The van der Waals surface area contributed by atoms with Crippen LogP contribution in [0.25, 0.3) is 6.08 Å². The topological polar surface area (TPSA) is 109 Å². The van der Waals surface area contributed by atoms with Crippen LogP contribution in [0, 0.1) is 29.6 Å². The van der Waals surface area contributed by atoms with Crippen LogP contribution in [0.1, 0.15) is 85.3 Å². The predicted molar refractivity (Wildman–Crippen MR) is 146 cm³/mol. The van der Waals surface area contributed by atoms with Crippen molar-refractivity contribution < 1.29 is 29.3 Å². The van der Waals surface area contributed by atoms with Gasteiger partial charge in [-0.05, 0) is 62.8 Å². The molecule has 0 spiro atoms. The number of aliphatic hydroxyl groups excluding tert-OH is 2. The monoisotopic (exact) mass is 525 g/mol. The maximum absolute atomic E-state index is 13.6. The number of hydrogen-bond donors (Lipinski definition) is 2. The van der Waals surface area contributed by atoms with Crippen molar-refractivity contribution in [3.8, 4) is 12.3 Å². The third kappa shape index (κ3) is 7.31. The second kappa shape index (κ2) is 12.5. The van der Waals surface area contributed by atoms with Crippen LogP contribution in [0.3, 0.4) is 0 Å². The van der Waals surface area contributed by atoms with Crippen LogP contribution in [0.4, 0.5) is 0 Å². The van der Waals surface area contributed by atoms with Gasteiger partial charge >= 0.3 is 5.97 Å². The van der Waals surface area contributed by atoms with Crippen LogP contribution in [0.2, 0.25) is 0 Å². The van der Waals surface area contributed by atoms with Crippen molar-refractivity contribution in [3.05, 3.63) is 35.7 Å². The summed E-state index contributed by atoms with van der Waals surface area (Å²) in [6.07, 6.45) is 9.40. The Morgan fingerprint density at radius 3 is 2.66 bits per heavy atom.